The van der Waals surface area contributed by atoms with Gasteiger partial charge < -0.3 is 19.3 Å². The van der Waals surface area contributed by atoms with E-state index in [1.807, 2.05) is 29.7 Å². The van der Waals surface area contributed by atoms with E-state index in [2.05, 4.69) is 6.07 Å². The van der Waals surface area contributed by atoms with Crippen LogP contribution in [0.4, 0.5) is 0 Å². The molecule has 0 aromatic heterocycles. The number of rotatable bonds is 4. The van der Waals surface area contributed by atoms with Crippen molar-refractivity contribution in [3.05, 3.63) is 28.8 Å². The average molecular weight is 360 g/mol. The minimum atomic E-state index is -0.281. The summed E-state index contributed by atoms with van der Waals surface area (Å²) in [5, 5.41) is 0. The molecule has 0 spiro atoms. The first kappa shape index (κ1) is 18.7. The standard InChI is InChI=1S/C20H28N2O4/c1-14-11-15(2)16(18(12-14)25-3)13-19(23)21-6-8-22(9-7-21)20(24)17-5-4-10-26-17/h11-12,17H,4-10,13H2,1-3H3. The number of ether oxygens (including phenoxy) is 2. The lowest BCUT2D eigenvalue weighted by Crippen LogP contribution is -2.53. The lowest BCUT2D eigenvalue weighted by Gasteiger charge is -2.36. The van der Waals surface area contributed by atoms with E-state index < -0.39 is 0 Å². The summed E-state index contributed by atoms with van der Waals surface area (Å²) in [6.45, 7) is 7.01. The van der Waals surface area contributed by atoms with Gasteiger partial charge in [0.2, 0.25) is 5.91 Å². The van der Waals surface area contributed by atoms with Gasteiger partial charge in [-0.3, -0.25) is 9.59 Å². The number of hydrogen-bond donors (Lipinski definition) is 0. The zero-order chi connectivity index (χ0) is 18.7. The molecule has 2 saturated heterocycles. The first-order chi connectivity index (χ1) is 12.5. The highest BCUT2D eigenvalue weighted by Gasteiger charge is 2.31. The normalized spacial score (nSPS) is 20.3. The maximum absolute atomic E-state index is 12.7. The van der Waals surface area contributed by atoms with Gasteiger partial charge in [0.05, 0.1) is 13.5 Å². The van der Waals surface area contributed by atoms with E-state index in [0.29, 0.717) is 39.2 Å². The van der Waals surface area contributed by atoms with E-state index in [4.69, 9.17) is 9.47 Å². The molecule has 0 bridgehead atoms. The van der Waals surface area contributed by atoms with Gasteiger partial charge in [-0.2, -0.15) is 0 Å². The van der Waals surface area contributed by atoms with Gasteiger partial charge in [0.1, 0.15) is 11.9 Å². The van der Waals surface area contributed by atoms with Crippen LogP contribution in [-0.4, -0.2) is 67.6 Å². The van der Waals surface area contributed by atoms with Crippen LogP contribution in [0.25, 0.3) is 0 Å². The second-order valence-corrected chi connectivity index (χ2v) is 7.15. The number of carbonyl (C=O) groups is 2. The fraction of sp³-hybridized carbons (Fsp3) is 0.600. The monoisotopic (exact) mass is 360 g/mol. The molecule has 2 amide bonds. The molecule has 1 aromatic rings. The first-order valence-corrected chi connectivity index (χ1v) is 9.32. The Labute approximate surface area is 155 Å². The van der Waals surface area contributed by atoms with Crippen LogP contribution >= 0.6 is 0 Å². The smallest absolute Gasteiger partial charge is 0.251 e. The zero-order valence-corrected chi connectivity index (χ0v) is 15.9. The molecule has 1 aromatic carbocycles. The van der Waals surface area contributed by atoms with Crippen LogP contribution in [0.15, 0.2) is 12.1 Å². The Morgan fingerprint density at radius 3 is 2.46 bits per heavy atom. The van der Waals surface area contributed by atoms with Gasteiger partial charge in [-0.25, -0.2) is 0 Å². The summed E-state index contributed by atoms with van der Waals surface area (Å²) < 4.78 is 10.9. The minimum Gasteiger partial charge on any atom is -0.496 e. The highest BCUT2D eigenvalue weighted by molar-refractivity contribution is 5.83. The summed E-state index contributed by atoms with van der Waals surface area (Å²) in [5.74, 6) is 0.924. The largest absolute Gasteiger partial charge is 0.496 e. The molecule has 2 heterocycles. The van der Waals surface area contributed by atoms with Gasteiger partial charge in [0, 0.05) is 38.3 Å². The van der Waals surface area contributed by atoms with E-state index in [9.17, 15) is 9.59 Å². The van der Waals surface area contributed by atoms with Crippen molar-refractivity contribution in [3.63, 3.8) is 0 Å². The molecule has 1 atom stereocenters. The van der Waals surface area contributed by atoms with Crippen LogP contribution in [0.1, 0.15) is 29.5 Å². The number of hydrogen-bond acceptors (Lipinski definition) is 4. The molecule has 0 N–H and O–H groups in total. The fourth-order valence-electron chi connectivity index (χ4n) is 3.78. The van der Waals surface area contributed by atoms with Gasteiger partial charge in [-0.05, 0) is 43.9 Å². The van der Waals surface area contributed by atoms with Gasteiger partial charge in [-0.15, -0.1) is 0 Å². The van der Waals surface area contributed by atoms with Crippen LogP contribution in [0.2, 0.25) is 0 Å². The van der Waals surface area contributed by atoms with E-state index in [1.54, 1.807) is 7.11 Å². The van der Waals surface area contributed by atoms with Crippen molar-refractivity contribution in [2.45, 2.75) is 39.2 Å². The third-order valence-corrected chi connectivity index (χ3v) is 5.27. The molecule has 2 aliphatic heterocycles. The summed E-state index contributed by atoms with van der Waals surface area (Å²) in [5.41, 5.74) is 3.14. The SMILES string of the molecule is COc1cc(C)cc(C)c1CC(=O)N1CCN(C(=O)C2CCCO2)CC1. The van der Waals surface area contributed by atoms with Crippen LogP contribution in [0.5, 0.6) is 5.75 Å². The number of aryl methyl sites for hydroxylation is 2. The van der Waals surface area contributed by atoms with Crippen LogP contribution in [-0.2, 0) is 20.7 Å². The molecule has 2 aliphatic rings. The van der Waals surface area contributed by atoms with Crippen molar-refractivity contribution in [3.8, 4) is 5.75 Å². The molecule has 0 radical (unpaired) electrons. The highest BCUT2D eigenvalue weighted by Crippen LogP contribution is 2.25. The maximum Gasteiger partial charge on any atom is 0.251 e. The highest BCUT2D eigenvalue weighted by atomic mass is 16.5. The van der Waals surface area contributed by atoms with Gasteiger partial charge in [0.25, 0.3) is 5.91 Å². The van der Waals surface area contributed by atoms with Crippen LogP contribution in [0, 0.1) is 13.8 Å². The molecule has 0 saturated carbocycles. The Morgan fingerprint density at radius 1 is 1.15 bits per heavy atom. The second-order valence-electron chi connectivity index (χ2n) is 7.15. The summed E-state index contributed by atoms with van der Waals surface area (Å²) in [4.78, 5) is 28.8. The molecule has 26 heavy (non-hydrogen) atoms. The lowest BCUT2D eigenvalue weighted by molar-refractivity contribution is -0.145. The Balaban J connectivity index is 1.58. The molecule has 6 heteroatoms. The molecule has 1 unspecified atom stereocenters. The predicted octanol–water partition coefficient (Wildman–Crippen LogP) is 1.70. The van der Waals surface area contributed by atoms with Crippen molar-refractivity contribution < 1.29 is 19.1 Å². The summed E-state index contributed by atoms with van der Waals surface area (Å²) in [6, 6.07) is 4.04. The zero-order valence-electron chi connectivity index (χ0n) is 15.9. The molecule has 3 rings (SSSR count). The van der Waals surface area contributed by atoms with E-state index >= 15 is 0 Å². The second kappa shape index (κ2) is 8.08. The number of piperazine rings is 1. The summed E-state index contributed by atoms with van der Waals surface area (Å²) >= 11 is 0. The molecular weight excluding hydrogens is 332 g/mol. The molecular formula is C20H28N2O4. The van der Waals surface area contributed by atoms with E-state index in [0.717, 1.165) is 35.3 Å². The summed E-state index contributed by atoms with van der Waals surface area (Å²) in [7, 11) is 1.64. The number of methoxy groups -OCH3 is 1. The molecule has 142 valence electrons. The summed E-state index contributed by atoms with van der Waals surface area (Å²) in [6.07, 6.45) is 1.81. The van der Waals surface area contributed by atoms with Gasteiger partial charge in [-0.1, -0.05) is 6.07 Å². The fourth-order valence-corrected chi connectivity index (χ4v) is 3.78. The van der Waals surface area contributed by atoms with Crippen molar-refractivity contribution in [1.82, 2.24) is 9.80 Å². The topological polar surface area (TPSA) is 59.1 Å². The molecule has 0 aliphatic carbocycles. The Kier molecular flexibility index (Phi) is 5.81. The number of nitrogens with zero attached hydrogens (tertiary/aromatic N) is 2. The Bertz CT molecular complexity index is 675. The van der Waals surface area contributed by atoms with Crippen LogP contribution < -0.4 is 4.74 Å². The maximum atomic E-state index is 12.7. The third-order valence-electron chi connectivity index (χ3n) is 5.27. The van der Waals surface area contributed by atoms with E-state index in [-0.39, 0.29) is 17.9 Å². The lowest BCUT2D eigenvalue weighted by atomic mass is 10.0. The average Bonchev–Trinajstić information content (AvgIpc) is 3.17. The van der Waals surface area contributed by atoms with Gasteiger partial charge in [0.15, 0.2) is 0 Å². The number of carbonyl (C=O) groups excluding carboxylic acids is 2. The number of benzene rings is 1. The number of amides is 2. The van der Waals surface area contributed by atoms with E-state index in [1.165, 1.54) is 0 Å². The van der Waals surface area contributed by atoms with Crippen molar-refractivity contribution in [1.29, 1.82) is 0 Å². The van der Waals surface area contributed by atoms with Crippen molar-refractivity contribution >= 4 is 11.8 Å². The predicted molar refractivity (Wildman–Crippen MR) is 98.3 cm³/mol. The Hall–Kier alpha value is -2.08. The van der Waals surface area contributed by atoms with Crippen LogP contribution in [0.3, 0.4) is 0 Å². The minimum absolute atomic E-state index is 0.0747. The Morgan fingerprint density at radius 2 is 1.85 bits per heavy atom. The van der Waals surface area contributed by atoms with Crippen molar-refractivity contribution in [2.24, 2.45) is 0 Å². The molecule has 6 nitrogen and oxygen atoms in total. The van der Waals surface area contributed by atoms with Crippen molar-refractivity contribution in [2.75, 3.05) is 39.9 Å². The quantitative estimate of drug-likeness (QED) is 0.820. The third kappa shape index (κ3) is 4.01. The molecule has 2 fully saturated rings. The van der Waals surface area contributed by atoms with Gasteiger partial charge >= 0.3 is 0 Å². The first-order valence-electron chi connectivity index (χ1n) is 9.32.